The van der Waals surface area contributed by atoms with E-state index in [-0.39, 0.29) is 11.4 Å². The number of unbranched alkanes of at least 4 members (excludes halogenated alkanes) is 1. The summed E-state index contributed by atoms with van der Waals surface area (Å²) in [5, 5.41) is 15.7. The van der Waals surface area contributed by atoms with Crippen molar-refractivity contribution in [2.24, 2.45) is 10.1 Å². The van der Waals surface area contributed by atoms with E-state index in [1.54, 1.807) is 25.3 Å². The fourth-order valence-corrected chi connectivity index (χ4v) is 4.18. The summed E-state index contributed by atoms with van der Waals surface area (Å²) in [4.78, 5) is 16.8. The summed E-state index contributed by atoms with van der Waals surface area (Å²) >= 11 is 1.36. The molecule has 0 saturated heterocycles. The largest absolute Gasteiger partial charge is 0.493 e. The molecule has 2 aromatic rings. The van der Waals surface area contributed by atoms with Gasteiger partial charge in [-0.15, -0.1) is 0 Å². The molecule has 0 aromatic heterocycles. The molecular weight excluding hydrogens is 424 g/mol. The van der Waals surface area contributed by atoms with Gasteiger partial charge in [0.1, 0.15) is 11.7 Å². The lowest BCUT2D eigenvalue weighted by atomic mass is 10.1. The van der Waals surface area contributed by atoms with Gasteiger partial charge in [0.15, 0.2) is 17.3 Å². The van der Waals surface area contributed by atoms with Crippen molar-refractivity contribution in [2.45, 2.75) is 32.8 Å². The van der Waals surface area contributed by atoms with Crippen LogP contribution in [0, 0.1) is 5.41 Å². The van der Waals surface area contributed by atoms with Crippen LogP contribution in [-0.2, 0) is 11.4 Å². The number of aliphatic imine (C=N–C) groups is 1. The van der Waals surface area contributed by atoms with Crippen molar-refractivity contribution in [1.82, 2.24) is 5.01 Å². The number of amidine groups is 2. The molecular formula is C24H24N4O3S. The van der Waals surface area contributed by atoms with Crippen LogP contribution < -0.4 is 9.47 Å². The van der Waals surface area contributed by atoms with Gasteiger partial charge in [0.05, 0.1) is 12.7 Å². The first-order valence-electron chi connectivity index (χ1n) is 10.4. The topological polar surface area (TPSA) is 87.3 Å². The molecule has 2 aliphatic heterocycles. The van der Waals surface area contributed by atoms with E-state index >= 15 is 0 Å². The van der Waals surface area contributed by atoms with Crippen molar-refractivity contribution in [3.05, 3.63) is 65.2 Å². The summed E-state index contributed by atoms with van der Waals surface area (Å²) < 4.78 is 11.4. The van der Waals surface area contributed by atoms with Crippen LogP contribution in [0.1, 0.15) is 37.3 Å². The second kappa shape index (κ2) is 9.82. The molecule has 8 heteroatoms. The molecule has 0 aliphatic carbocycles. The number of carbonyl (C=O) groups is 1. The zero-order valence-electron chi connectivity index (χ0n) is 18.0. The van der Waals surface area contributed by atoms with Crippen LogP contribution in [0.5, 0.6) is 11.5 Å². The van der Waals surface area contributed by atoms with E-state index in [0.717, 1.165) is 29.9 Å². The molecule has 7 nitrogen and oxygen atoms in total. The second-order valence-electron chi connectivity index (χ2n) is 7.30. The zero-order valence-corrected chi connectivity index (χ0v) is 18.8. The average Bonchev–Trinajstić information content (AvgIpc) is 3.23. The number of ether oxygens (including phenoxy) is 2. The number of thioether (sulfide) groups is 1. The first-order valence-corrected chi connectivity index (χ1v) is 11.2. The number of carbonyl (C=O) groups excluding carboxylic acids is 1. The molecule has 1 N–H and O–H groups in total. The highest BCUT2D eigenvalue weighted by Crippen LogP contribution is 2.32. The van der Waals surface area contributed by atoms with Crippen molar-refractivity contribution >= 4 is 39.8 Å². The molecule has 164 valence electrons. The Morgan fingerprint density at radius 1 is 1.16 bits per heavy atom. The number of hydrogen-bond acceptors (Lipinski definition) is 6. The number of nitrogens with zero attached hydrogens (tertiary/aromatic N) is 3. The average molecular weight is 449 g/mol. The lowest BCUT2D eigenvalue weighted by molar-refractivity contribution is -0.114. The summed E-state index contributed by atoms with van der Waals surface area (Å²) in [6.45, 7) is 2.53. The van der Waals surface area contributed by atoms with Gasteiger partial charge in [0.2, 0.25) is 5.17 Å². The number of methoxy groups -OCH3 is 1. The normalized spacial score (nSPS) is 16.7. The summed E-state index contributed by atoms with van der Waals surface area (Å²) in [7, 11) is 1.57. The maximum absolute atomic E-state index is 12.6. The predicted octanol–water partition coefficient (Wildman–Crippen LogP) is 5.08. The molecule has 0 atom stereocenters. The zero-order chi connectivity index (χ0) is 22.5. The second-order valence-corrected chi connectivity index (χ2v) is 8.34. The van der Waals surface area contributed by atoms with Crippen LogP contribution in [0.4, 0.5) is 0 Å². The fourth-order valence-electron chi connectivity index (χ4n) is 3.26. The molecule has 2 aromatic carbocycles. The number of nitrogens with one attached hydrogen (secondary N) is 1. The molecule has 0 bridgehead atoms. The van der Waals surface area contributed by atoms with Gasteiger partial charge in [-0.3, -0.25) is 10.2 Å². The summed E-state index contributed by atoms with van der Waals surface area (Å²) in [5.74, 6) is 0.738. The number of benzene rings is 2. The van der Waals surface area contributed by atoms with Crippen molar-refractivity contribution in [3.8, 4) is 11.5 Å². The maximum atomic E-state index is 12.6. The third kappa shape index (κ3) is 4.75. The highest BCUT2D eigenvalue weighted by molar-refractivity contribution is 8.26. The molecule has 2 heterocycles. The van der Waals surface area contributed by atoms with Gasteiger partial charge in [-0.1, -0.05) is 49.7 Å². The van der Waals surface area contributed by atoms with Crippen LogP contribution in [-0.4, -0.2) is 34.1 Å². The van der Waals surface area contributed by atoms with Gasteiger partial charge in [-0.25, -0.2) is 0 Å². The Morgan fingerprint density at radius 2 is 1.97 bits per heavy atom. The van der Waals surface area contributed by atoms with Crippen LogP contribution in [0.15, 0.2) is 64.2 Å². The fraction of sp³-hybridized carbons (Fsp3) is 0.250. The molecule has 1 amide bonds. The highest BCUT2D eigenvalue weighted by atomic mass is 32.2. The molecule has 0 saturated carbocycles. The third-order valence-electron chi connectivity index (χ3n) is 4.98. The Labute approximate surface area is 191 Å². The summed E-state index contributed by atoms with van der Waals surface area (Å²) in [6.07, 6.45) is 4.52. The van der Waals surface area contributed by atoms with Crippen molar-refractivity contribution in [3.63, 3.8) is 0 Å². The van der Waals surface area contributed by atoms with E-state index in [2.05, 4.69) is 17.0 Å². The number of hydrazone groups is 1. The minimum Gasteiger partial charge on any atom is -0.493 e. The summed E-state index contributed by atoms with van der Waals surface area (Å²) in [6, 6.07) is 15.3. The van der Waals surface area contributed by atoms with E-state index in [4.69, 9.17) is 14.9 Å². The van der Waals surface area contributed by atoms with Crippen LogP contribution in [0.3, 0.4) is 0 Å². The van der Waals surface area contributed by atoms with Gasteiger partial charge in [-0.05, 0) is 53.9 Å². The van der Waals surface area contributed by atoms with Crippen LogP contribution in [0.2, 0.25) is 0 Å². The van der Waals surface area contributed by atoms with Crippen LogP contribution in [0.25, 0.3) is 6.08 Å². The van der Waals surface area contributed by atoms with Crippen molar-refractivity contribution in [1.29, 1.82) is 5.41 Å². The lowest BCUT2D eigenvalue weighted by Crippen LogP contribution is -2.35. The Kier molecular flexibility index (Phi) is 6.70. The Morgan fingerprint density at radius 3 is 2.72 bits per heavy atom. The molecule has 32 heavy (non-hydrogen) atoms. The van der Waals surface area contributed by atoms with Gasteiger partial charge in [0.25, 0.3) is 5.91 Å². The molecule has 0 radical (unpaired) electrons. The number of hydrogen-bond donors (Lipinski definition) is 1. The molecule has 0 unspecified atom stereocenters. The Balaban J connectivity index is 1.53. The quantitative estimate of drug-likeness (QED) is 0.569. The predicted molar refractivity (Wildman–Crippen MR) is 128 cm³/mol. The van der Waals surface area contributed by atoms with E-state index < -0.39 is 5.91 Å². The number of rotatable bonds is 8. The molecule has 0 spiro atoms. The number of fused-ring (bicyclic) bond motifs is 1. The van der Waals surface area contributed by atoms with Gasteiger partial charge in [0, 0.05) is 0 Å². The first kappa shape index (κ1) is 21.8. The van der Waals surface area contributed by atoms with Gasteiger partial charge < -0.3 is 9.47 Å². The van der Waals surface area contributed by atoms with Crippen molar-refractivity contribution in [2.75, 3.05) is 7.11 Å². The molecule has 2 aliphatic rings. The SMILES string of the molecule is CCCCC1=NN2C(=N)C(=Cc3ccc(OCc4ccccc4)c(OC)c3)C(=O)N=C2S1. The van der Waals surface area contributed by atoms with Gasteiger partial charge >= 0.3 is 0 Å². The first-order chi connectivity index (χ1) is 15.6. The molecule has 4 rings (SSSR count). The monoisotopic (exact) mass is 448 g/mol. The third-order valence-corrected chi connectivity index (χ3v) is 5.94. The standard InChI is InChI=1S/C24H24N4O3S/c1-3-4-10-21-27-28-22(25)18(23(29)26-24(28)32-21)13-17-11-12-19(20(14-17)30-2)31-15-16-8-6-5-7-9-16/h5-9,11-14,25H,3-4,10,15H2,1-2H3. The lowest BCUT2D eigenvalue weighted by Gasteiger charge is -2.20. The smallest absolute Gasteiger partial charge is 0.283 e. The summed E-state index contributed by atoms with van der Waals surface area (Å²) in [5.41, 5.74) is 1.95. The highest BCUT2D eigenvalue weighted by Gasteiger charge is 2.35. The Bertz CT molecular complexity index is 1130. The Hall–Kier alpha value is -3.39. The van der Waals surface area contributed by atoms with Crippen LogP contribution >= 0.6 is 11.8 Å². The maximum Gasteiger partial charge on any atom is 0.283 e. The van der Waals surface area contributed by atoms with E-state index in [9.17, 15) is 4.79 Å². The number of amides is 1. The minimum absolute atomic E-state index is 0.0300. The molecule has 0 fully saturated rings. The van der Waals surface area contributed by atoms with Crippen molar-refractivity contribution < 1.29 is 14.3 Å². The van der Waals surface area contributed by atoms with E-state index in [1.807, 2.05) is 36.4 Å². The van der Waals surface area contributed by atoms with E-state index in [0.29, 0.717) is 28.8 Å². The van der Waals surface area contributed by atoms with Gasteiger partial charge in [-0.2, -0.15) is 15.1 Å². The van der Waals surface area contributed by atoms with E-state index in [1.165, 1.54) is 16.8 Å². The minimum atomic E-state index is -0.441.